The van der Waals surface area contributed by atoms with Crippen molar-refractivity contribution in [3.8, 4) is 0 Å². The molecule has 1 aromatic heterocycles. The van der Waals surface area contributed by atoms with Gasteiger partial charge in [0, 0.05) is 23.9 Å². The van der Waals surface area contributed by atoms with Gasteiger partial charge in [-0.05, 0) is 26.8 Å². The van der Waals surface area contributed by atoms with Crippen LogP contribution in [-0.2, 0) is 14.8 Å². The zero-order chi connectivity index (χ0) is 16.3. The molecule has 0 aliphatic carbocycles. The monoisotopic (exact) mass is 334 g/mol. The van der Waals surface area contributed by atoms with Crippen molar-refractivity contribution < 1.29 is 23.1 Å². The van der Waals surface area contributed by atoms with Crippen LogP contribution in [-0.4, -0.2) is 37.5 Å². The Kier molecular flexibility index (Phi) is 5.48. The average molecular weight is 334 g/mol. The molecule has 0 saturated carbocycles. The lowest BCUT2D eigenvalue weighted by Gasteiger charge is -2.20. The van der Waals surface area contributed by atoms with Gasteiger partial charge < -0.3 is 10.4 Å². The number of carbonyl (C=O) groups is 2. The van der Waals surface area contributed by atoms with Crippen LogP contribution >= 0.6 is 11.3 Å². The van der Waals surface area contributed by atoms with Crippen LogP contribution in [0.1, 0.15) is 36.9 Å². The normalized spacial score (nSPS) is 12.1. The Labute approximate surface area is 127 Å². The summed E-state index contributed by atoms with van der Waals surface area (Å²) < 4.78 is 26.1. The lowest BCUT2D eigenvalue weighted by atomic mass is 10.1. The molecule has 1 heterocycles. The topological polar surface area (TPSA) is 113 Å². The minimum atomic E-state index is -3.80. The average Bonchev–Trinajstić information content (AvgIpc) is 2.75. The summed E-state index contributed by atoms with van der Waals surface area (Å²) in [5, 5.41) is 12.7. The second-order valence-electron chi connectivity index (χ2n) is 5.40. The standard InChI is InChI=1S/C12H18N2O5S2/c1-12(2,3)14-10(15)4-5-13-21(18,19)8-6-9(11(16)17)20-7-8/h6-7,13H,4-5H2,1-3H3,(H,14,15)(H,16,17). The van der Waals surface area contributed by atoms with Crippen LogP contribution in [0.2, 0.25) is 0 Å². The van der Waals surface area contributed by atoms with E-state index >= 15 is 0 Å². The number of hydrogen-bond donors (Lipinski definition) is 3. The molecular formula is C12H18N2O5S2. The molecule has 7 nitrogen and oxygen atoms in total. The smallest absolute Gasteiger partial charge is 0.345 e. The zero-order valence-corrected chi connectivity index (χ0v) is 13.6. The van der Waals surface area contributed by atoms with Crippen molar-refractivity contribution in [3.05, 3.63) is 16.3 Å². The maximum absolute atomic E-state index is 11.9. The number of rotatable bonds is 6. The van der Waals surface area contributed by atoms with Crippen LogP contribution in [0.5, 0.6) is 0 Å². The highest BCUT2D eigenvalue weighted by Gasteiger charge is 2.19. The van der Waals surface area contributed by atoms with Crippen LogP contribution in [0.25, 0.3) is 0 Å². The highest BCUT2D eigenvalue weighted by molar-refractivity contribution is 7.89. The summed E-state index contributed by atoms with van der Waals surface area (Å²) in [6, 6.07) is 1.09. The molecular weight excluding hydrogens is 316 g/mol. The Morgan fingerprint density at radius 1 is 1.33 bits per heavy atom. The van der Waals surface area contributed by atoms with Gasteiger partial charge in [0.1, 0.15) is 4.88 Å². The minimum Gasteiger partial charge on any atom is -0.477 e. The number of sulfonamides is 1. The van der Waals surface area contributed by atoms with Crippen molar-refractivity contribution in [2.24, 2.45) is 0 Å². The molecule has 1 aromatic rings. The Balaban J connectivity index is 2.57. The molecule has 0 saturated heterocycles. The van der Waals surface area contributed by atoms with Gasteiger partial charge in [-0.15, -0.1) is 11.3 Å². The summed E-state index contributed by atoms with van der Waals surface area (Å²) in [7, 11) is -3.80. The Bertz CT molecular complexity index is 628. The van der Waals surface area contributed by atoms with E-state index in [1.54, 1.807) is 0 Å². The van der Waals surface area contributed by atoms with Crippen molar-refractivity contribution in [1.29, 1.82) is 0 Å². The number of nitrogens with one attached hydrogen (secondary N) is 2. The van der Waals surface area contributed by atoms with Crippen molar-refractivity contribution in [1.82, 2.24) is 10.0 Å². The SMILES string of the molecule is CC(C)(C)NC(=O)CCNS(=O)(=O)c1csc(C(=O)O)c1. The Morgan fingerprint density at radius 3 is 2.43 bits per heavy atom. The number of carbonyl (C=O) groups excluding carboxylic acids is 1. The Hall–Kier alpha value is -1.45. The first-order chi connectivity index (χ1) is 9.51. The molecule has 118 valence electrons. The second-order valence-corrected chi connectivity index (χ2v) is 8.08. The molecule has 0 bridgehead atoms. The zero-order valence-electron chi connectivity index (χ0n) is 12.0. The molecule has 0 aliphatic heterocycles. The third kappa shape index (κ3) is 5.82. The third-order valence-corrected chi connectivity index (χ3v) is 4.76. The van der Waals surface area contributed by atoms with Gasteiger partial charge in [-0.1, -0.05) is 0 Å². The summed E-state index contributed by atoms with van der Waals surface area (Å²) >= 11 is 0.834. The number of amides is 1. The number of aromatic carboxylic acids is 1. The molecule has 0 aromatic carbocycles. The molecule has 1 amide bonds. The highest BCUT2D eigenvalue weighted by Crippen LogP contribution is 2.18. The number of thiophene rings is 1. The number of hydrogen-bond acceptors (Lipinski definition) is 5. The molecule has 0 atom stereocenters. The molecule has 0 unspecified atom stereocenters. The van der Waals surface area contributed by atoms with E-state index in [1.807, 2.05) is 20.8 Å². The number of carboxylic acid groups (broad SMARTS) is 1. The molecule has 0 aliphatic rings. The van der Waals surface area contributed by atoms with Gasteiger partial charge in [0.05, 0.1) is 4.90 Å². The molecule has 0 radical (unpaired) electrons. The van der Waals surface area contributed by atoms with E-state index in [4.69, 9.17) is 5.11 Å². The summed E-state index contributed by atoms with van der Waals surface area (Å²) in [5.74, 6) is -1.44. The van der Waals surface area contributed by atoms with Crippen molar-refractivity contribution in [2.45, 2.75) is 37.6 Å². The fourth-order valence-corrected chi connectivity index (χ4v) is 3.58. The van der Waals surface area contributed by atoms with E-state index in [2.05, 4.69) is 10.0 Å². The third-order valence-electron chi connectivity index (χ3n) is 2.26. The van der Waals surface area contributed by atoms with Crippen LogP contribution in [0, 0.1) is 0 Å². The predicted molar refractivity (Wildman–Crippen MR) is 79.0 cm³/mol. The summed E-state index contributed by atoms with van der Waals surface area (Å²) in [5.41, 5.74) is -0.375. The van der Waals surface area contributed by atoms with Crippen LogP contribution in [0.4, 0.5) is 0 Å². The van der Waals surface area contributed by atoms with Crippen LogP contribution in [0.3, 0.4) is 0 Å². The lowest BCUT2D eigenvalue weighted by Crippen LogP contribution is -2.41. The molecule has 0 spiro atoms. The van der Waals surface area contributed by atoms with Gasteiger partial charge in [-0.2, -0.15) is 0 Å². The maximum Gasteiger partial charge on any atom is 0.345 e. The first kappa shape index (κ1) is 17.6. The number of carboxylic acids is 1. The maximum atomic E-state index is 11.9. The minimum absolute atomic E-state index is 0.00637. The van der Waals surface area contributed by atoms with E-state index < -0.39 is 16.0 Å². The van der Waals surface area contributed by atoms with Gasteiger partial charge >= 0.3 is 5.97 Å². The first-order valence-corrected chi connectivity index (χ1v) is 8.50. The largest absolute Gasteiger partial charge is 0.477 e. The predicted octanol–water partition coefficient (Wildman–Crippen LogP) is 1.03. The quantitative estimate of drug-likeness (QED) is 0.719. The Morgan fingerprint density at radius 2 is 1.95 bits per heavy atom. The van der Waals surface area contributed by atoms with Gasteiger partial charge in [-0.25, -0.2) is 17.9 Å². The summed E-state index contributed by atoms with van der Waals surface area (Å²) in [4.78, 5) is 22.1. The fraction of sp³-hybridized carbons (Fsp3) is 0.500. The van der Waals surface area contributed by atoms with Gasteiger partial charge in [-0.3, -0.25) is 4.79 Å². The molecule has 0 fully saturated rings. The van der Waals surface area contributed by atoms with Crippen molar-refractivity contribution >= 4 is 33.2 Å². The van der Waals surface area contributed by atoms with Crippen LogP contribution < -0.4 is 10.0 Å². The van der Waals surface area contributed by atoms with E-state index in [-0.39, 0.29) is 34.2 Å². The van der Waals surface area contributed by atoms with E-state index in [1.165, 1.54) is 5.38 Å². The van der Waals surface area contributed by atoms with E-state index in [0.29, 0.717) is 0 Å². The van der Waals surface area contributed by atoms with E-state index in [0.717, 1.165) is 17.4 Å². The molecule has 1 rings (SSSR count). The second kappa shape index (κ2) is 6.54. The van der Waals surface area contributed by atoms with Crippen LogP contribution in [0.15, 0.2) is 16.3 Å². The van der Waals surface area contributed by atoms with Crippen molar-refractivity contribution in [3.63, 3.8) is 0 Å². The first-order valence-electron chi connectivity index (χ1n) is 6.14. The summed E-state index contributed by atoms with van der Waals surface area (Å²) in [6.45, 7) is 5.43. The fourth-order valence-electron chi connectivity index (χ4n) is 1.43. The van der Waals surface area contributed by atoms with Gasteiger partial charge in [0.2, 0.25) is 15.9 Å². The van der Waals surface area contributed by atoms with Gasteiger partial charge in [0.25, 0.3) is 0 Å². The molecule has 3 N–H and O–H groups in total. The van der Waals surface area contributed by atoms with E-state index in [9.17, 15) is 18.0 Å². The highest BCUT2D eigenvalue weighted by atomic mass is 32.2. The molecule has 9 heteroatoms. The summed E-state index contributed by atoms with van der Waals surface area (Å²) in [6.07, 6.45) is 0.00637. The lowest BCUT2D eigenvalue weighted by molar-refractivity contribution is -0.122. The van der Waals surface area contributed by atoms with Gasteiger partial charge in [0.15, 0.2) is 0 Å². The van der Waals surface area contributed by atoms with Crippen molar-refractivity contribution in [2.75, 3.05) is 6.54 Å². The molecule has 21 heavy (non-hydrogen) atoms.